The Bertz CT molecular complexity index is 908. The molecule has 1 amide bonds. The van der Waals surface area contributed by atoms with Crippen LogP contribution in [-0.4, -0.2) is 45.5 Å². The molecular formula is C22H29N5O2S. The van der Waals surface area contributed by atoms with Crippen molar-refractivity contribution < 1.29 is 9.53 Å². The van der Waals surface area contributed by atoms with E-state index in [-0.39, 0.29) is 5.91 Å². The van der Waals surface area contributed by atoms with Gasteiger partial charge in [-0.1, -0.05) is 17.8 Å². The van der Waals surface area contributed by atoms with E-state index in [1.54, 1.807) is 11.8 Å². The first-order chi connectivity index (χ1) is 14.5. The molecule has 0 radical (unpaired) electrons. The largest absolute Gasteiger partial charge is 0.494 e. The molecule has 4 saturated carbocycles. The first kappa shape index (κ1) is 19.8. The first-order valence-corrected chi connectivity index (χ1v) is 11.8. The van der Waals surface area contributed by atoms with Crippen LogP contribution in [0.1, 0.15) is 44.1 Å². The van der Waals surface area contributed by atoms with Gasteiger partial charge in [-0.15, -0.1) is 5.10 Å². The average molecular weight is 428 g/mol. The summed E-state index contributed by atoms with van der Waals surface area (Å²) in [5.41, 5.74) is 2.22. The molecule has 4 bridgehead atoms. The minimum atomic E-state index is 0.0569. The third-order valence-corrected chi connectivity index (χ3v) is 8.08. The number of hydrogen-bond donors (Lipinski definition) is 1. The normalized spacial score (nSPS) is 29.2. The zero-order chi connectivity index (χ0) is 20.7. The number of amides is 1. The Labute approximate surface area is 181 Å². The van der Waals surface area contributed by atoms with Crippen LogP contribution in [0.15, 0.2) is 23.4 Å². The summed E-state index contributed by atoms with van der Waals surface area (Å²) in [5.74, 6) is 3.76. The summed E-state index contributed by atoms with van der Waals surface area (Å²) in [6.45, 7) is 2.84. The van der Waals surface area contributed by atoms with Crippen molar-refractivity contribution in [1.29, 1.82) is 0 Å². The van der Waals surface area contributed by atoms with Crippen molar-refractivity contribution in [1.82, 2.24) is 25.5 Å². The van der Waals surface area contributed by atoms with Gasteiger partial charge in [-0.2, -0.15) is 4.68 Å². The monoisotopic (exact) mass is 427 g/mol. The van der Waals surface area contributed by atoms with Crippen molar-refractivity contribution in [2.24, 2.45) is 23.2 Å². The van der Waals surface area contributed by atoms with Crippen LogP contribution in [0.3, 0.4) is 0 Å². The fraction of sp³-hybridized carbons (Fsp3) is 0.636. The fourth-order valence-corrected chi connectivity index (χ4v) is 7.07. The highest BCUT2D eigenvalue weighted by Crippen LogP contribution is 2.59. The van der Waals surface area contributed by atoms with Crippen molar-refractivity contribution in [3.63, 3.8) is 0 Å². The number of rotatable bonds is 7. The minimum Gasteiger partial charge on any atom is -0.494 e. The highest BCUT2D eigenvalue weighted by atomic mass is 32.2. The molecule has 0 atom stereocenters. The second kappa shape index (κ2) is 7.87. The molecule has 8 heteroatoms. The van der Waals surface area contributed by atoms with Gasteiger partial charge in [0.05, 0.1) is 12.9 Å². The molecule has 4 aliphatic carbocycles. The Hall–Kier alpha value is -2.09. The molecule has 4 aliphatic rings. The van der Waals surface area contributed by atoms with Gasteiger partial charge in [-0.05, 0) is 96.7 Å². The fourth-order valence-electron chi connectivity index (χ4n) is 6.36. The standard InChI is InChI=1S/C22H29N5O2S/c1-14-3-4-19(29-2)18(5-14)27-21(24-25-26-27)30-12-20(28)23-13-22-9-15-6-16(10-22)8-17(7-15)11-22/h3-5,15-17H,6-13H2,1-2H3,(H,23,28). The van der Waals surface area contributed by atoms with E-state index in [0.29, 0.717) is 22.1 Å². The molecule has 7 nitrogen and oxygen atoms in total. The van der Waals surface area contributed by atoms with Gasteiger partial charge in [0.1, 0.15) is 11.4 Å². The number of hydrogen-bond acceptors (Lipinski definition) is 6. The van der Waals surface area contributed by atoms with Crippen molar-refractivity contribution in [3.05, 3.63) is 23.8 Å². The number of methoxy groups -OCH3 is 1. The smallest absolute Gasteiger partial charge is 0.230 e. The van der Waals surface area contributed by atoms with Gasteiger partial charge in [-0.3, -0.25) is 4.79 Å². The number of thioether (sulfide) groups is 1. The summed E-state index contributed by atoms with van der Waals surface area (Å²) in [7, 11) is 1.63. The van der Waals surface area contributed by atoms with Crippen molar-refractivity contribution in [3.8, 4) is 11.4 Å². The van der Waals surface area contributed by atoms with Crippen LogP contribution < -0.4 is 10.1 Å². The maximum Gasteiger partial charge on any atom is 0.230 e. The predicted molar refractivity (Wildman–Crippen MR) is 115 cm³/mol. The van der Waals surface area contributed by atoms with E-state index < -0.39 is 0 Å². The average Bonchev–Trinajstić information content (AvgIpc) is 3.18. The lowest BCUT2D eigenvalue weighted by Gasteiger charge is -2.56. The summed E-state index contributed by atoms with van der Waals surface area (Å²) < 4.78 is 7.10. The van der Waals surface area contributed by atoms with Gasteiger partial charge in [0.2, 0.25) is 11.1 Å². The van der Waals surface area contributed by atoms with E-state index in [1.165, 1.54) is 50.3 Å². The number of ether oxygens (including phenoxy) is 1. The predicted octanol–water partition coefficient (Wildman–Crippen LogP) is 3.40. The zero-order valence-electron chi connectivity index (χ0n) is 17.6. The lowest BCUT2D eigenvalue weighted by atomic mass is 9.49. The van der Waals surface area contributed by atoms with E-state index in [9.17, 15) is 4.79 Å². The molecule has 30 heavy (non-hydrogen) atoms. The van der Waals surface area contributed by atoms with E-state index in [1.807, 2.05) is 25.1 Å². The number of tetrazole rings is 1. The van der Waals surface area contributed by atoms with Crippen molar-refractivity contribution in [2.45, 2.75) is 50.6 Å². The second-order valence-electron chi connectivity index (χ2n) is 9.53. The van der Waals surface area contributed by atoms with Gasteiger partial charge in [0, 0.05) is 6.54 Å². The van der Waals surface area contributed by atoms with E-state index >= 15 is 0 Å². The third-order valence-electron chi connectivity index (χ3n) is 7.16. The third kappa shape index (κ3) is 3.82. The number of aryl methyl sites for hydroxylation is 1. The van der Waals surface area contributed by atoms with Crippen LogP contribution in [-0.2, 0) is 4.79 Å². The summed E-state index contributed by atoms with van der Waals surface area (Å²) in [6, 6.07) is 5.86. The molecular weight excluding hydrogens is 398 g/mol. The van der Waals surface area contributed by atoms with Crippen LogP contribution in [0.5, 0.6) is 5.75 Å². The van der Waals surface area contributed by atoms with Crippen molar-refractivity contribution >= 4 is 17.7 Å². The topological polar surface area (TPSA) is 81.9 Å². The molecule has 0 spiro atoms. The number of nitrogens with one attached hydrogen (secondary N) is 1. The zero-order valence-corrected chi connectivity index (χ0v) is 18.5. The number of nitrogens with zero attached hydrogens (tertiary/aromatic N) is 4. The van der Waals surface area contributed by atoms with Crippen LogP contribution in [0.4, 0.5) is 0 Å². The van der Waals surface area contributed by atoms with Gasteiger partial charge in [-0.25, -0.2) is 0 Å². The van der Waals surface area contributed by atoms with Gasteiger partial charge >= 0.3 is 0 Å². The maximum atomic E-state index is 12.6. The lowest BCUT2D eigenvalue weighted by Crippen LogP contribution is -2.51. The Morgan fingerprint density at radius 3 is 2.60 bits per heavy atom. The van der Waals surface area contributed by atoms with Crippen LogP contribution in [0.25, 0.3) is 5.69 Å². The van der Waals surface area contributed by atoms with E-state index in [0.717, 1.165) is 35.5 Å². The number of carbonyl (C=O) groups excluding carboxylic acids is 1. The SMILES string of the molecule is COc1ccc(C)cc1-n1nnnc1SCC(=O)NCC12CC3CC(CC(C3)C1)C2. The van der Waals surface area contributed by atoms with E-state index in [2.05, 4.69) is 20.8 Å². The molecule has 2 aromatic rings. The number of aromatic nitrogens is 4. The van der Waals surface area contributed by atoms with Crippen LogP contribution in [0, 0.1) is 30.1 Å². The Morgan fingerprint density at radius 1 is 1.23 bits per heavy atom. The maximum absolute atomic E-state index is 12.6. The molecule has 6 rings (SSSR count). The highest BCUT2D eigenvalue weighted by Gasteiger charge is 2.50. The Morgan fingerprint density at radius 2 is 1.93 bits per heavy atom. The van der Waals surface area contributed by atoms with Gasteiger partial charge in [0.25, 0.3) is 0 Å². The van der Waals surface area contributed by atoms with Crippen LogP contribution >= 0.6 is 11.8 Å². The van der Waals surface area contributed by atoms with Gasteiger partial charge in [0.15, 0.2) is 0 Å². The summed E-state index contributed by atoms with van der Waals surface area (Å²) >= 11 is 1.36. The van der Waals surface area contributed by atoms with Gasteiger partial charge < -0.3 is 10.1 Å². The molecule has 0 saturated heterocycles. The highest BCUT2D eigenvalue weighted by molar-refractivity contribution is 7.99. The molecule has 160 valence electrons. The molecule has 1 aromatic heterocycles. The molecule has 4 fully saturated rings. The first-order valence-electron chi connectivity index (χ1n) is 10.9. The molecule has 0 unspecified atom stereocenters. The molecule has 1 N–H and O–H groups in total. The number of benzene rings is 1. The minimum absolute atomic E-state index is 0.0569. The summed E-state index contributed by atoms with van der Waals surface area (Å²) in [5, 5.41) is 15.9. The second-order valence-corrected chi connectivity index (χ2v) is 10.5. The Kier molecular flexibility index (Phi) is 5.21. The lowest BCUT2D eigenvalue weighted by molar-refractivity contribution is -0.120. The van der Waals surface area contributed by atoms with E-state index in [4.69, 9.17) is 4.74 Å². The quantitative estimate of drug-likeness (QED) is 0.682. The van der Waals surface area contributed by atoms with Crippen molar-refractivity contribution in [2.75, 3.05) is 19.4 Å². The summed E-state index contributed by atoms with van der Waals surface area (Å²) in [4.78, 5) is 12.6. The summed E-state index contributed by atoms with van der Waals surface area (Å²) in [6.07, 6.45) is 8.18. The molecule has 0 aliphatic heterocycles. The van der Waals surface area contributed by atoms with Crippen LogP contribution in [0.2, 0.25) is 0 Å². The Balaban J connectivity index is 1.20. The number of carbonyl (C=O) groups is 1. The molecule has 1 heterocycles. The molecule has 1 aromatic carbocycles.